The molecule has 6 nitrogen and oxygen atoms in total. The highest BCUT2D eigenvalue weighted by atomic mass is 35.5. The van der Waals surface area contributed by atoms with Crippen LogP contribution in [0.5, 0.6) is 0 Å². The molecule has 1 saturated heterocycles. The molecule has 3 atom stereocenters. The van der Waals surface area contributed by atoms with Gasteiger partial charge in [0.05, 0.1) is 24.2 Å². The zero-order valence-electron chi connectivity index (χ0n) is 15.3. The molecule has 1 fully saturated rings. The number of ether oxygens (including phenoxy) is 1. The summed E-state index contributed by atoms with van der Waals surface area (Å²) in [6.07, 6.45) is -2.40. The molecule has 2 N–H and O–H groups in total. The van der Waals surface area contributed by atoms with E-state index in [0.717, 1.165) is 4.90 Å². The lowest BCUT2D eigenvalue weighted by Crippen LogP contribution is -2.48. The van der Waals surface area contributed by atoms with Gasteiger partial charge >= 0.3 is 6.09 Å². The molecule has 2 rings (SSSR count). The third-order valence-corrected chi connectivity index (χ3v) is 4.33. The van der Waals surface area contributed by atoms with Gasteiger partial charge in [-0.3, -0.25) is 9.69 Å². The first kappa shape index (κ1) is 21.4. The van der Waals surface area contributed by atoms with Gasteiger partial charge in [-0.25, -0.2) is 13.6 Å². The quantitative estimate of drug-likeness (QED) is 0.808. The Morgan fingerprint density at radius 3 is 2.70 bits per heavy atom. The molecule has 0 bridgehead atoms. The minimum absolute atomic E-state index is 0.00281. The van der Waals surface area contributed by atoms with Crippen LogP contribution in [0.4, 0.5) is 13.6 Å². The number of rotatable bonds is 4. The van der Waals surface area contributed by atoms with Gasteiger partial charge < -0.3 is 15.2 Å². The van der Waals surface area contributed by atoms with Crippen molar-refractivity contribution in [1.29, 1.82) is 0 Å². The van der Waals surface area contributed by atoms with Gasteiger partial charge in [0, 0.05) is 12.0 Å². The lowest BCUT2D eigenvalue weighted by atomic mass is 10.1. The molecule has 0 radical (unpaired) electrons. The standard InChI is InChI=1S/C18H23ClF2N2O4/c1-18(2,3)27-17(26)23-8-10(20)7-14(23)16(25)22-13(9-24)11-5-4-6-12(19)15(11)21/h4-6,10,13-14,24H,7-9H2,1-3H3,(H,22,25)/t10?,13-,14?/m0/s1. The van der Waals surface area contributed by atoms with Crippen molar-refractivity contribution >= 4 is 23.6 Å². The lowest BCUT2D eigenvalue weighted by molar-refractivity contribution is -0.126. The maximum atomic E-state index is 14.2. The second-order valence-corrected chi connectivity index (χ2v) is 7.78. The Morgan fingerprint density at radius 1 is 1.44 bits per heavy atom. The maximum absolute atomic E-state index is 14.2. The summed E-state index contributed by atoms with van der Waals surface area (Å²) in [5.74, 6) is -1.48. The van der Waals surface area contributed by atoms with E-state index in [1.807, 2.05) is 0 Å². The molecule has 1 aromatic rings. The predicted molar refractivity (Wildman–Crippen MR) is 95.6 cm³/mol. The summed E-state index contributed by atoms with van der Waals surface area (Å²) in [6, 6.07) is 1.99. The van der Waals surface area contributed by atoms with E-state index in [-0.39, 0.29) is 23.6 Å². The molecule has 1 aliphatic heterocycles. The first-order chi connectivity index (χ1) is 12.5. The topological polar surface area (TPSA) is 78.9 Å². The average molecular weight is 405 g/mol. The Bertz CT molecular complexity index is 711. The third kappa shape index (κ3) is 5.29. The molecule has 0 aromatic heterocycles. The van der Waals surface area contributed by atoms with Crippen LogP contribution in [0.25, 0.3) is 0 Å². The second-order valence-electron chi connectivity index (χ2n) is 7.37. The van der Waals surface area contributed by atoms with E-state index in [1.54, 1.807) is 20.8 Å². The van der Waals surface area contributed by atoms with Crippen LogP contribution in [0.3, 0.4) is 0 Å². The normalized spacial score (nSPS) is 21.1. The molecule has 2 unspecified atom stereocenters. The Kier molecular flexibility index (Phi) is 6.64. The Labute approximate surface area is 161 Å². The van der Waals surface area contributed by atoms with Gasteiger partial charge in [0.1, 0.15) is 23.6 Å². The number of alkyl halides is 1. The molecular formula is C18H23ClF2N2O4. The van der Waals surface area contributed by atoms with Crippen LogP contribution in [0, 0.1) is 5.82 Å². The number of nitrogens with one attached hydrogen (secondary N) is 1. The fourth-order valence-corrected chi connectivity index (χ4v) is 3.02. The van der Waals surface area contributed by atoms with E-state index in [0.29, 0.717) is 0 Å². The molecule has 9 heteroatoms. The fraction of sp³-hybridized carbons (Fsp3) is 0.556. The van der Waals surface area contributed by atoms with E-state index in [1.165, 1.54) is 18.2 Å². The highest BCUT2D eigenvalue weighted by Crippen LogP contribution is 2.26. The SMILES string of the molecule is CC(C)(C)OC(=O)N1CC(F)CC1C(=O)N[C@@H](CO)c1cccc(Cl)c1F. The summed E-state index contributed by atoms with van der Waals surface area (Å²) in [6.45, 7) is 4.11. The number of carbonyl (C=O) groups excluding carboxylic acids is 2. The van der Waals surface area contributed by atoms with Gasteiger partial charge in [-0.15, -0.1) is 0 Å². The van der Waals surface area contributed by atoms with Crippen LogP contribution >= 0.6 is 11.6 Å². The maximum Gasteiger partial charge on any atom is 0.411 e. The van der Waals surface area contributed by atoms with Crippen molar-refractivity contribution in [3.8, 4) is 0 Å². The van der Waals surface area contributed by atoms with Gasteiger partial charge in [0.2, 0.25) is 5.91 Å². The number of aliphatic hydroxyl groups excluding tert-OH is 1. The van der Waals surface area contributed by atoms with Crippen molar-refractivity contribution in [3.63, 3.8) is 0 Å². The lowest BCUT2D eigenvalue weighted by Gasteiger charge is -2.28. The van der Waals surface area contributed by atoms with Crippen molar-refractivity contribution in [1.82, 2.24) is 10.2 Å². The summed E-state index contributed by atoms with van der Waals surface area (Å²) in [5.41, 5.74) is -0.804. The van der Waals surface area contributed by atoms with E-state index in [4.69, 9.17) is 16.3 Å². The molecule has 0 aliphatic carbocycles. The molecule has 27 heavy (non-hydrogen) atoms. The van der Waals surface area contributed by atoms with Crippen LogP contribution in [-0.4, -0.2) is 53.0 Å². The zero-order chi connectivity index (χ0) is 20.4. The fourth-order valence-electron chi connectivity index (χ4n) is 2.83. The molecule has 1 heterocycles. The summed E-state index contributed by atoms with van der Waals surface area (Å²) in [5, 5.41) is 11.9. The molecule has 0 saturated carbocycles. The number of aliphatic hydroxyl groups is 1. The predicted octanol–water partition coefficient (Wildman–Crippen LogP) is 2.98. The highest BCUT2D eigenvalue weighted by molar-refractivity contribution is 6.30. The van der Waals surface area contributed by atoms with Gasteiger partial charge in [-0.2, -0.15) is 0 Å². The summed E-state index contributed by atoms with van der Waals surface area (Å²) >= 11 is 5.74. The summed E-state index contributed by atoms with van der Waals surface area (Å²) in [4.78, 5) is 25.9. The Hall–Kier alpha value is -1.93. The van der Waals surface area contributed by atoms with E-state index < -0.39 is 48.3 Å². The van der Waals surface area contributed by atoms with Crippen LogP contribution in [0.2, 0.25) is 5.02 Å². The van der Waals surface area contributed by atoms with Crippen molar-refractivity contribution in [2.24, 2.45) is 0 Å². The molecular weight excluding hydrogens is 382 g/mol. The van der Waals surface area contributed by atoms with Crippen molar-refractivity contribution in [2.75, 3.05) is 13.2 Å². The number of halogens is 3. The minimum atomic E-state index is -1.39. The van der Waals surface area contributed by atoms with Gasteiger partial charge in [0.15, 0.2) is 0 Å². The van der Waals surface area contributed by atoms with Gasteiger partial charge in [-0.05, 0) is 26.8 Å². The smallest absolute Gasteiger partial charge is 0.411 e. The van der Waals surface area contributed by atoms with Crippen LogP contribution in [0.1, 0.15) is 38.8 Å². The van der Waals surface area contributed by atoms with Crippen LogP contribution in [-0.2, 0) is 9.53 Å². The van der Waals surface area contributed by atoms with E-state index >= 15 is 0 Å². The van der Waals surface area contributed by atoms with Crippen LogP contribution < -0.4 is 5.32 Å². The minimum Gasteiger partial charge on any atom is -0.444 e. The summed E-state index contributed by atoms with van der Waals surface area (Å²) in [7, 11) is 0. The first-order valence-corrected chi connectivity index (χ1v) is 8.90. The Balaban J connectivity index is 2.16. The third-order valence-electron chi connectivity index (χ3n) is 4.04. The second kappa shape index (κ2) is 8.39. The first-order valence-electron chi connectivity index (χ1n) is 8.52. The van der Waals surface area contributed by atoms with Crippen molar-refractivity contribution in [3.05, 3.63) is 34.6 Å². The van der Waals surface area contributed by atoms with E-state index in [9.17, 15) is 23.5 Å². The highest BCUT2D eigenvalue weighted by Gasteiger charge is 2.42. The Morgan fingerprint density at radius 2 is 2.11 bits per heavy atom. The van der Waals surface area contributed by atoms with Gasteiger partial charge in [0.25, 0.3) is 0 Å². The summed E-state index contributed by atoms with van der Waals surface area (Å²) < 4.78 is 33.3. The molecule has 2 amide bonds. The van der Waals surface area contributed by atoms with Crippen molar-refractivity contribution < 1.29 is 28.2 Å². The number of likely N-dealkylation sites (tertiary alicyclic amines) is 1. The average Bonchev–Trinajstić information content (AvgIpc) is 2.96. The number of carbonyl (C=O) groups is 2. The molecule has 0 spiro atoms. The number of hydrogen-bond acceptors (Lipinski definition) is 4. The molecule has 1 aromatic carbocycles. The van der Waals surface area contributed by atoms with Crippen molar-refractivity contribution in [2.45, 2.75) is 51.0 Å². The monoisotopic (exact) mass is 404 g/mol. The number of nitrogens with zero attached hydrogens (tertiary/aromatic N) is 1. The number of benzene rings is 1. The molecule has 150 valence electrons. The van der Waals surface area contributed by atoms with E-state index in [2.05, 4.69) is 5.32 Å². The largest absolute Gasteiger partial charge is 0.444 e. The van der Waals surface area contributed by atoms with Crippen LogP contribution in [0.15, 0.2) is 18.2 Å². The number of hydrogen-bond donors (Lipinski definition) is 2. The number of amides is 2. The molecule has 1 aliphatic rings. The van der Waals surface area contributed by atoms with Gasteiger partial charge in [-0.1, -0.05) is 23.7 Å². The zero-order valence-corrected chi connectivity index (χ0v) is 16.1.